The summed E-state index contributed by atoms with van der Waals surface area (Å²) in [5.41, 5.74) is 4.02. The second-order valence-electron chi connectivity index (χ2n) is 4.86. The summed E-state index contributed by atoms with van der Waals surface area (Å²) in [6.45, 7) is 10.4. The monoisotopic (exact) mass is 234 g/mol. The van der Waals surface area contributed by atoms with E-state index in [1.165, 1.54) is 16.7 Å². The van der Waals surface area contributed by atoms with Crippen molar-refractivity contribution in [2.75, 3.05) is 0 Å². The molecular weight excluding hydrogens is 208 g/mol. The Labute approximate surface area is 106 Å². The van der Waals surface area contributed by atoms with Crippen molar-refractivity contribution in [3.05, 3.63) is 35.5 Å². The van der Waals surface area contributed by atoms with E-state index >= 15 is 0 Å². The van der Waals surface area contributed by atoms with Crippen molar-refractivity contribution in [3.8, 4) is 0 Å². The van der Waals surface area contributed by atoms with Gasteiger partial charge < -0.3 is 4.79 Å². The summed E-state index contributed by atoms with van der Waals surface area (Å²) in [4.78, 5) is 10.2. The maximum absolute atomic E-state index is 10.2. The summed E-state index contributed by atoms with van der Waals surface area (Å²) in [6.07, 6.45) is 11.3. The van der Waals surface area contributed by atoms with Gasteiger partial charge in [-0.15, -0.1) is 0 Å². The quantitative estimate of drug-likeness (QED) is 0.405. The summed E-state index contributed by atoms with van der Waals surface area (Å²) in [7, 11) is 0. The molecule has 0 aromatic carbocycles. The smallest absolute Gasteiger partial charge is 0.120 e. The van der Waals surface area contributed by atoms with E-state index in [0.717, 1.165) is 38.4 Å². The first-order valence-corrected chi connectivity index (χ1v) is 6.45. The van der Waals surface area contributed by atoms with Crippen LogP contribution in [0.1, 0.15) is 59.3 Å². The molecule has 0 radical (unpaired) electrons. The first kappa shape index (κ1) is 15.9. The molecule has 0 heterocycles. The second kappa shape index (κ2) is 10.1. The molecule has 0 amide bonds. The van der Waals surface area contributed by atoms with Gasteiger partial charge >= 0.3 is 0 Å². The number of rotatable bonds is 9. The topological polar surface area (TPSA) is 17.1 Å². The van der Waals surface area contributed by atoms with Gasteiger partial charge in [-0.25, -0.2) is 0 Å². The Kier molecular flexibility index (Phi) is 9.41. The van der Waals surface area contributed by atoms with Gasteiger partial charge in [-0.1, -0.05) is 35.5 Å². The highest BCUT2D eigenvalue weighted by Crippen LogP contribution is 2.13. The molecule has 0 rings (SSSR count). The van der Waals surface area contributed by atoms with Crippen LogP contribution in [0.2, 0.25) is 0 Å². The molecule has 0 fully saturated rings. The van der Waals surface area contributed by atoms with Gasteiger partial charge in [0.25, 0.3) is 0 Å². The fraction of sp³-hybridized carbons (Fsp3) is 0.562. The van der Waals surface area contributed by atoms with Crippen molar-refractivity contribution in [1.82, 2.24) is 0 Å². The first-order chi connectivity index (χ1) is 8.06. The molecule has 1 nitrogen and oxygen atoms in total. The highest BCUT2D eigenvalue weighted by atomic mass is 16.1. The zero-order valence-electron chi connectivity index (χ0n) is 11.6. The summed E-state index contributed by atoms with van der Waals surface area (Å²) in [5, 5.41) is 0. The third-order valence-electron chi connectivity index (χ3n) is 2.70. The Morgan fingerprint density at radius 2 is 1.53 bits per heavy atom. The molecule has 0 N–H and O–H groups in total. The highest BCUT2D eigenvalue weighted by molar-refractivity contribution is 5.49. The fourth-order valence-corrected chi connectivity index (χ4v) is 1.60. The number of hydrogen-bond donors (Lipinski definition) is 0. The van der Waals surface area contributed by atoms with E-state index < -0.39 is 0 Å². The van der Waals surface area contributed by atoms with Crippen molar-refractivity contribution in [2.24, 2.45) is 0 Å². The van der Waals surface area contributed by atoms with E-state index in [-0.39, 0.29) is 0 Å². The number of hydrogen-bond acceptors (Lipinski definition) is 1. The first-order valence-electron chi connectivity index (χ1n) is 6.45. The second-order valence-corrected chi connectivity index (χ2v) is 4.86. The van der Waals surface area contributed by atoms with Gasteiger partial charge in [0.1, 0.15) is 6.29 Å². The van der Waals surface area contributed by atoms with Gasteiger partial charge in [-0.3, -0.25) is 0 Å². The standard InChI is InChI=1S/C16H26O/c1-14(2)8-5-9-15(3)10-6-11-16(4)12-7-13-17/h8,10,13H,4-7,9,11-12H2,1-3H3. The lowest BCUT2D eigenvalue weighted by molar-refractivity contribution is -0.107. The lowest BCUT2D eigenvalue weighted by atomic mass is 10.0. The van der Waals surface area contributed by atoms with Gasteiger partial charge in [0.05, 0.1) is 0 Å². The van der Waals surface area contributed by atoms with Crippen LogP contribution >= 0.6 is 0 Å². The molecule has 0 bridgehead atoms. The minimum absolute atomic E-state index is 0.613. The summed E-state index contributed by atoms with van der Waals surface area (Å²) in [6, 6.07) is 0. The minimum Gasteiger partial charge on any atom is -0.303 e. The van der Waals surface area contributed by atoms with Gasteiger partial charge in [-0.2, -0.15) is 0 Å². The Bertz CT molecular complexity index is 291. The molecule has 0 spiro atoms. The molecule has 0 atom stereocenters. The van der Waals surface area contributed by atoms with Gasteiger partial charge in [0, 0.05) is 6.42 Å². The number of aldehydes is 1. The molecule has 0 saturated carbocycles. The van der Waals surface area contributed by atoms with Crippen LogP contribution in [0.25, 0.3) is 0 Å². The zero-order valence-corrected chi connectivity index (χ0v) is 11.6. The lowest BCUT2D eigenvalue weighted by Gasteiger charge is -2.02. The van der Waals surface area contributed by atoms with Crippen LogP contribution in [-0.4, -0.2) is 6.29 Å². The average molecular weight is 234 g/mol. The maximum Gasteiger partial charge on any atom is 0.120 e. The normalized spacial score (nSPS) is 11.1. The highest BCUT2D eigenvalue weighted by Gasteiger charge is 1.94. The lowest BCUT2D eigenvalue weighted by Crippen LogP contribution is -1.84. The van der Waals surface area contributed by atoms with Crippen molar-refractivity contribution >= 4 is 6.29 Å². The maximum atomic E-state index is 10.2. The molecule has 0 aliphatic heterocycles. The van der Waals surface area contributed by atoms with Crippen LogP contribution < -0.4 is 0 Å². The van der Waals surface area contributed by atoms with Crippen molar-refractivity contribution < 1.29 is 4.79 Å². The number of allylic oxidation sites excluding steroid dienone is 5. The third kappa shape index (κ3) is 11.2. The van der Waals surface area contributed by atoms with E-state index in [1.54, 1.807) is 0 Å². The Morgan fingerprint density at radius 3 is 2.12 bits per heavy atom. The Hall–Kier alpha value is -1.11. The summed E-state index contributed by atoms with van der Waals surface area (Å²) in [5.74, 6) is 0. The van der Waals surface area contributed by atoms with E-state index in [1.807, 2.05) is 0 Å². The van der Waals surface area contributed by atoms with Crippen LogP contribution in [-0.2, 0) is 4.79 Å². The fourth-order valence-electron chi connectivity index (χ4n) is 1.60. The minimum atomic E-state index is 0.613. The summed E-state index contributed by atoms with van der Waals surface area (Å²) >= 11 is 0. The van der Waals surface area contributed by atoms with E-state index in [2.05, 4.69) is 39.5 Å². The average Bonchev–Trinajstić information content (AvgIpc) is 2.25. The van der Waals surface area contributed by atoms with Gasteiger partial charge in [0.2, 0.25) is 0 Å². The van der Waals surface area contributed by atoms with Gasteiger partial charge in [-0.05, 0) is 52.9 Å². The molecule has 0 saturated heterocycles. The van der Waals surface area contributed by atoms with Crippen LogP contribution in [0.15, 0.2) is 35.5 Å². The summed E-state index contributed by atoms with van der Waals surface area (Å²) < 4.78 is 0. The molecule has 0 unspecified atom stereocenters. The van der Waals surface area contributed by atoms with E-state index in [4.69, 9.17) is 0 Å². The van der Waals surface area contributed by atoms with E-state index in [0.29, 0.717) is 6.42 Å². The zero-order chi connectivity index (χ0) is 13.1. The molecule has 0 aromatic rings. The molecule has 0 aliphatic rings. The number of carbonyl (C=O) groups excluding carboxylic acids is 1. The Morgan fingerprint density at radius 1 is 0.941 bits per heavy atom. The third-order valence-corrected chi connectivity index (χ3v) is 2.70. The number of carbonyl (C=O) groups is 1. The SMILES string of the molecule is C=C(CCC=O)CCC=C(C)CCC=C(C)C. The molecule has 1 heteroatoms. The van der Waals surface area contributed by atoms with Crippen LogP contribution in [0.5, 0.6) is 0 Å². The van der Waals surface area contributed by atoms with Crippen molar-refractivity contribution in [2.45, 2.75) is 59.3 Å². The predicted octanol–water partition coefficient (Wildman–Crippen LogP) is 4.99. The van der Waals surface area contributed by atoms with E-state index in [9.17, 15) is 4.79 Å². The largest absolute Gasteiger partial charge is 0.303 e. The molecule has 17 heavy (non-hydrogen) atoms. The van der Waals surface area contributed by atoms with Crippen LogP contribution in [0, 0.1) is 0 Å². The molecule has 0 aromatic heterocycles. The van der Waals surface area contributed by atoms with Crippen molar-refractivity contribution in [1.29, 1.82) is 0 Å². The Balaban J connectivity index is 3.72. The van der Waals surface area contributed by atoms with Crippen LogP contribution in [0.3, 0.4) is 0 Å². The molecule has 0 aliphatic carbocycles. The van der Waals surface area contributed by atoms with Gasteiger partial charge in [0.15, 0.2) is 0 Å². The van der Waals surface area contributed by atoms with Crippen molar-refractivity contribution in [3.63, 3.8) is 0 Å². The van der Waals surface area contributed by atoms with Crippen LogP contribution in [0.4, 0.5) is 0 Å². The molecule has 96 valence electrons. The molecular formula is C16H26O. The predicted molar refractivity (Wildman–Crippen MR) is 76.1 cm³/mol.